The molecule has 0 bridgehead atoms. The minimum absolute atomic E-state index is 0.153. The first-order chi connectivity index (χ1) is 17.9. The summed E-state index contributed by atoms with van der Waals surface area (Å²) < 4.78 is 0. The molecule has 4 N–H and O–H groups in total. The van der Waals surface area contributed by atoms with Crippen molar-refractivity contribution >= 4 is 6.29 Å². The highest BCUT2D eigenvalue weighted by Gasteiger charge is 2.03. The van der Waals surface area contributed by atoms with E-state index in [2.05, 4.69) is 98.9 Å². The Morgan fingerprint density at radius 1 is 0.703 bits per heavy atom. The Kier molecular flexibility index (Phi) is 15.9. The van der Waals surface area contributed by atoms with Crippen molar-refractivity contribution in [1.29, 1.82) is 0 Å². The summed E-state index contributed by atoms with van der Waals surface area (Å²) in [5.74, 6) is 0. The Labute approximate surface area is 223 Å². The van der Waals surface area contributed by atoms with Crippen LogP contribution in [0.25, 0.3) is 0 Å². The van der Waals surface area contributed by atoms with Gasteiger partial charge >= 0.3 is 0 Å². The molecule has 4 aromatic rings. The topological polar surface area (TPSA) is 75.3 Å². The molecule has 4 nitrogen and oxygen atoms in total. The summed E-state index contributed by atoms with van der Waals surface area (Å²) in [5, 5.41) is 10.5. The second-order valence-corrected chi connectivity index (χ2v) is 8.73. The number of nitrogens with two attached hydrogens (primary N) is 1. The molecule has 0 aliphatic heterocycles. The van der Waals surface area contributed by atoms with Gasteiger partial charge in [0.15, 0.2) is 0 Å². The molecule has 0 radical (unpaired) electrons. The standard InChI is InChI=1S/C16H19N.C9H13N.C7H6O.CH4O/c1-13-8-10-16(11-9-13)14(2)17-12-15-6-4-3-5-7-15;1-7-3-5-9(6-4-7)8(2)10;8-6-7-4-2-1-3-5-7;1-2/h3-11,14,17H,12H2,1-2H3;3-6,8H,10H2,1-2H3;1-6H;2H,1H3. The molecule has 0 fully saturated rings. The summed E-state index contributed by atoms with van der Waals surface area (Å²) in [6, 6.07) is 37.1. The maximum atomic E-state index is 10.0. The van der Waals surface area contributed by atoms with E-state index in [9.17, 15) is 4.79 Å². The lowest BCUT2D eigenvalue weighted by molar-refractivity contribution is 0.112. The molecule has 2 atom stereocenters. The number of rotatable bonds is 6. The van der Waals surface area contributed by atoms with Crippen LogP contribution in [0.2, 0.25) is 0 Å². The number of aliphatic hydroxyl groups is 1. The molecular weight excluding hydrogens is 456 g/mol. The van der Waals surface area contributed by atoms with Crippen molar-refractivity contribution in [3.05, 3.63) is 143 Å². The number of hydrogen-bond acceptors (Lipinski definition) is 4. The van der Waals surface area contributed by atoms with Gasteiger partial charge in [-0.1, -0.05) is 120 Å². The van der Waals surface area contributed by atoms with E-state index in [-0.39, 0.29) is 6.04 Å². The van der Waals surface area contributed by atoms with Gasteiger partial charge in [0.2, 0.25) is 0 Å². The smallest absolute Gasteiger partial charge is 0.150 e. The zero-order chi connectivity index (χ0) is 27.5. The zero-order valence-corrected chi connectivity index (χ0v) is 22.8. The van der Waals surface area contributed by atoms with Gasteiger partial charge in [-0.25, -0.2) is 0 Å². The van der Waals surface area contributed by atoms with Crippen LogP contribution in [0, 0.1) is 13.8 Å². The maximum absolute atomic E-state index is 10.0. The van der Waals surface area contributed by atoms with Gasteiger partial charge in [-0.3, -0.25) is 4.79 Å². The lowest BCUT2D eigenvalue weighted by atomic mass is 10.1. The predicted molar refractivity (Wildman–Crippen MR) is 157 cm³/mol. The highest BCUT2D eigenvalue weighted by atomic mass is 16.2. The second kappa shape index (κ2) is 18.7. The fourth-order valence-electron chi connectivity index (χ4n) is 3.24. The SMILES string of the molecule is CO.Cc1ccc(C(C)N)cc1.Cc1ccc(C(C)NCc2ccccc2)cc1.O=Cc1ccccc1. The van der Waals surface area contributed by atoms with Crippen molar-refractivity contribution in [2.45, 2.75) is 46.3 Å². The number of benzene rings is 4. The van der Waals surface area contributed by atoms with Gasteiger partial charge in [0.25, 0.3) is 0 Å². The molecular formula is C33H42N2O2. The summed E-state index contributed by atoms with van der Waals surface area (Å²) >= 11 is 0. The number of aldehydes is 1. The van der Waals surface area contributed by atoms with Crippen LogP contribution in [0.5, 0.6) is 0 Å². The first-order valence-electron chi connectivity index (χ1n) is 12.5. The van der Waals surface area contributed by atoms with Crippen molar-refractivity contribution in [2.24, 2.45) is 5.73 Å². The molecule has 196 valence electrons. The summed E-state index contributed by atoms with van der Waals surface area (Å²) in [6.45, 7) is 9.30. The van der Waals surface area contributed by atoms with Gasteiger partial charge in [0, 0.05) is 31.3 Å². The van der Waals surface area contributed by atoms with Crippen molar-refractivity contribution < 1.29 is 9.90 Å². The van der Waals surface area contributed by atoms with E-state index in [0.717, 1.165) is 25.5 Å². The lowest BCUT2D eigenvalue weighted by Gasteiger charge is -2.14. The number of nitrogens with one attached hydrogen (secondary N) is 1. The molecule has 0 spiro atoms. The maximum Gasteiger partial charge on any atom is 0.150 e. The fraction of sp³-hybridized carbons (Fsp3) is 0.242. The molecule has 2 unspecified atom stereocenters. The molecule has 0 amide bonds. The number of carbonyl (C=O) groups excluding carboxylic acids is 1. The van der Waals surface area contributed by atoms with E-state index in [1.807, 2.05) is 31.2 Å². The molecule has 4 rings (SSSR count). The molecule has 0 aliphatic rings. The van der Waals surface area contributed by atoms with Crippen molar-refractivity contribution in [3.8, 4) is 0 Å². The van der Waals surface area contributed by atoms with Crippen LogP contribution in [-0.2, 0) is 6.54 Å². The monoisotopic (exact) mass is 498 g/mol. The minimum atomic E-state index is 0.153. The number of hydrogen-bond donors (Lipinski definition) is 3. The summed E-state index contributed by atoms with van der Waals surface area (Å²) in [6.07, 6.45) is 0.833. The Hall–Kier alpha value is -3.57. The zero-order valence-electron chi connectivity index (χ0n) is 22.8. The van der Waals surface area contributed by atoms with E-state index in [0.29, 0.717) is 6.04 Å². The number of aliphatic hydroxyl groups excluding tert-OH is 1. The Bertz CT molecular complexity index is 1090. The molecule has 4 heteroatoms. The lowest BCUT2D eigenvalue weighted by Crippen LogP contribution is -2.17. The predicted octanol–water partition coefficient (Wildman–Crippen LogP) is 6.97. The van der Waals surface area contributed by atoms with Gasteiger partial charge in [0.1, 0.15) is 6.29 Å². The van der Waals surface area contributed by atoms with Crippen LogP contribution in [-0.4, -0.2) is 18.5 Å². The van der Waals surface area contributed by atoms with Crippen LogP contribution in [0.3, 0.4) is 0 Å². The van der Waals surface area contributed by atoms with Crippen LogP contribution in [0.1, 0.15) is 64.1 Å². The average Bonchev–Trinajstić information content (AvgIpc) is 2.95. The Morgan fingerprint density at radius 3 is 1.54 bits per heavy atom. The van der Waals surface area contributed by atoms with Gasteiger partial charge < -0.3 is 16.2 Å². The quantitative estimate of drug-likeness (QED) is 0.251. The van der Waals surface area contributed by atoms with Crippen molar-refractivity contribution in [3.63, 3.8) is 0 Å². The summed E-state index contributed by atoms with van der Waals surface area (Å²) in [5.41, 5.74) is 12.8. The highest BCUT2D eigenvalue weighted by Crippen LogP contribution is 2.14. The molecule has 37 heavy (non-hydrogen) atoms. The minimum Gasteiger partial charge on any atom is -0.400 e. The molecule has 0 saturated carbocycles. The second-order valence-electron chi connectivity index (χ2n) is 8.73. The normalized spacial score (nSPS) is 11.2. The largest absolute Gasteiger partial charge is 0.400 e. The molecule has 4 aromatic carbocycles. The molecule has 0 saturated heterocycles. The highest BCUT2D eigenvalue weighted by molar-refractivity contribution is 5.74. The van der Waals surface area contributed by atoms with Gasteiger partial charge in [-0.15, -0.1) is 0 Å². The molecule has 0 heterocycles. The molecule has 0 aliphatic carbocycles. The van der Waals surface area contributed by atoms with Gasteiger partial charge in [-0.05, 0) is 44.4 Å². The first kappa shape index (κ1) is 31.5. The van der Waals surface area contributed by atoms with E-state index >= 15 is 0 Å². The van der Waals surface area contributed by atoms with E-state index in [1.165, 1.54) is 27.8 Å². The van der Waals surface area contributed by atoms with E-state index < -0.39 is 0 Å². The average molecular weight is 499 g/mol. The first-order valence-corrected chi connectivity index (χ1v) is 12.5. The third-order valence-electron chi connectivity index (χ3n) is 5.57. The number of aryl methyl sites for hydroxylation is 2. The fourth-order valence-corrected chi connectivity index (χ4v) is 3.24. The van der Waals surface area contributed by atoms with Gasteiger partial charge in [0.05, 0.1) is 0 Å². The van der Waals surface area contributed by atoms with Crippen LogP contribution in [0.4, 0.5) is 0 Å². The third-order valence-corrected chi connectivity index (χ3v) is 5.57. The Balaban J connectivity index is 0.000000291. The number of carbonyl (C=O) groups is 1. The molecule has 0 aromatic heterocycles. The third kappa shape index (κ3) is 13.3. The van der Waals surface area contributed by atoms with E-state index in [1.54, 1.807) is 12.1 Å². The van der Waals surface area contributed by atoms with E-state index in [4.69, 9.17) is 10.8 Å². The van der Waals surface area contributed by atoms with Crippen molar-refractivity contribution in [1.82, 2.24) is 5.32 Å². The Morgan fingerprint density at radius 2 is 1.14 bits per heavy atom. The van der Waals surface area contributed by atoms with Crippen LogP contribution in [0.15, 0.2) is 109 Å². The van der Waals surface area contributed by atoms with Gasteiger partial charge in [-0.2, -0.15) is 0 Å². The summed E-state index contributed by atoms with van der Waals surface area (Å²) in [4.78, 5) is 10.0. The van der Waals surface area contributed by atoms with Crippen LogP contribution < -0.4 is 11.1 Å². The van der Waals surface area contributed by atoms with Crippen LogP contribution >= 0.6 is 0 Å². The summed E-state index contributed by atoms with van der Waals surface area (Å²) in [7, 11) is 1.00. The van der Waals surface area contributed by atoms with Crippen molar-refractivity contribution in [2.75, 3.05) is 7.11 Å².